The fourth-order valence-electron chi connectivity index (χ4n) is 2.74. The smallest absolute Gasteiger partial charge is 0.338 e. The van der Waals surface area contributed by atoms with Crippen LogP contribution in [0.1, 0.15) is 15.9 Å². The van der Waals surface area contributed by atoms with Crippen LogP contribution in [0.2, 0.25) is 0 Å². The van der Waals surface area contributed by atoms with E-state index in [2.05, 4.69) is 5.10 Å². The molecule has 0 radical (unpaired) electrons. The van der Waals surface area contributed by atoms with E-state index in [-0.39, 0.29) is 17.9 Å². The Bertz CT molecular complexity index is 1160. The van der Waals surface area contributed by atoms with E-state index in [4.69, 9.17) is 9.15 Å². The van der Waals surface area contributed by atoms with Crippen LogP contribution in [0, 0.1) is 0 Å². The fourth-order valence-corrected chi connectivity index (χ4v) is 2.74. The van der Waals surface area contributed by atoms with Crippen LogP contribution < -0.4 is 5.63 Å². The second kappa shape index (κ2) is 6.80. The first-order chi connectivity index (χ1) is 13.1. The number of rotatable bonds is 4. The number of benzene rings is 2. The molecule has 2 aromatic heterocycles. The van der Waals surface area contributed by atoms with E-state index >= 15 is 0 Å². The Morgan fingerprint density at radius 3 is 2.70 bits per heavy atom. The molecule has 0 aliphatic heterocycles. The molecule has 2 aromatic carbocycles. The summed E-state index contributed by atoms with van der Waals surface area (Å²) in [6.07, 6.45) is 3.47. The molecule has 2 heterocycles. The van der Waals surface area contributed by atoms with E-state index in [0.29, 0.717) is 16.5 Å². The van der Waals surface area contributed by atoms with Crippen molar-refractivity contribution in [1.29, 1.82) is 0 Å². The van der Waals surface area contributed by atoms with Crippen molar-refractivity contribution < 1.29 is 19.1 Å². The van der Waals surface area contributed by atoms with E-state index < -0.39 is 11.6 Å². The van der Waals surface area contributed by atoms with Gasteiger partial charge in [0.25, 0.3) is 0 Å². The lowest BCUT2D eigenvalue weighted by Gasteiger charge is -2.08. The number of aromatic hydroxyl groups is 1. The summed E-state index contributed by atoms with van der Waals surface area (Å²) in [5, 5.41) is 14.2. The second-order valence-corrected chi connectivity index (χ2v) is 5.84. The molecule has 1 N–H and O–H groups in total. The number of ether oxygens (including phenoxy) is 1. The molecule has 0 fully saturated rings. The summed E-state index contributed by atoms with van der Waals surface area (Å²) in [4.78, 5) is 24.0. The van der Waals surface area contributed by atoms with Crippen LogP contribution in [0.3, 0.4) is 0 Å². The number of hydrogen-bond acceptors (Lipinski definition) is 6. The van der Waals surface area contributed by atoms with Crippen LogP contribution in [-0.2, 0) is 11.3 Å². The Labute approximate surface area is 153 Å². The molecule has 134 valence electrons. The van der Waals surface area contributed by atoms with E-state index in [1.54, 1.807) is 47.4 Å². The second-order valence-electron chi connectivity index (χ2n) is 5.84. The Morgan fingerprint density at radius 2 is 1.96 bits per heavy atom. The van der Waals surface area contributed by atoms with Gasteiger partial charge in [-0.1, -0.05) is 0 Å². The maximum atomic E-state index is 12.3. The molecule has 4 aromatic rings. The number of esters is 1. The molecular weight excluding hydrogens is 348 g/mol. The number of carbonyl (C=O) groups is 1. The zero-order valence-corrected chi connectivity index (χ0v) is 14.0. The molecular formula is C20H14N2O5. The molecule has 7 heteroatoms. The molecule has 0 bridgehead atoms. The van der Waals surface area contributed by atoms with Gasteiger partial charge in [0.1, 0.15) is 17.9 Å². The van der Waals surface area contributed by atoms with Crippen molar-refractivity contribution in [3.8, 4) is 11.4 Å². The molecule has 0 aliphatic rings. The van der Waals surface area contributed by atoms with Crippen molar-refractivity contribution >= 4 is 16.9 Å². The van der Waals surface area contributed by atoms with Gasteiger partial charge in [0.2, 0.25) is 0 Å². The lowest BCUT2D eigenvalue weighted by molar-refractivity contribution is 0.0474. The van der Waals surface area contributed by atoms with Gasteiger partial charge in [0.15, 0.2) is 0 Å². The van der Waals surface area contributed by atoms with Gasteiger partial charge in [-0.2, -0.15) is 5.10 Å². The van der Waals surface area contributed by atoms with Gasteiger partial charge in [0.05, 0.1) is 11.3 Å². The minimum Gasteiger partial charge on any atom is -0.508 e. The highest BCUT2D eigenvalue weighted by molar-refractivity contribution is 5.90. The van der Waals surface area contributed by atoms with Gasteiger partial charge in [0, 0.05) is 35.5 Å². The summed E-state index contributed by atoms with van der Waals surface area (Å²) in [7, 11) is 0. The first kappa shape index (κ1) is 16.6. The van der Waals surface area contributed by atoms with Gasteiger partial charge < -0.3 is 14.3 Å². The van der Waals surface area contributed by atoms with Crippen molar-refractivity contribution in [2.45, 2.75) is 6.61 Å². The molecule has 27 heavy (non-hydrogen) atoms. The molecule has 0 unspecified atom stereocenters. The first-order valence-electron chi connectivity index (χ1n) is 8.13. The molecule has 0 atom stereocenters. The number of hydrogen-bond donors (Lipinski definition) is 1. The molecule has 0 saturated heterocycles. The lowest BCUT2D eigenvalue weighted by Crippen LogP contribution is -2.08. The SMILES string of the molecule is O=C(OCc1cc(=O)oc2cc(O)ccc12)c1ccc(-n2cccn2)cc1. The molecule has 7 nitrogen and oxygen atoms in total. The summed E-state index contributed by atoms with van der Waals surface area (Å²) in [5.41, 5.74) is 1.36. The maximum Gasteiger partial charge on any atom is 0.338 e. The minimum absolute atomic E-state index is 0.0166. The monoisotopic (exact) mass is 362 g/mol. The van der Waals surface area contributed by atoms with Gasteiger partial charge >= 0.3 is 11.6 Å². The van der Waals surface area contributed by atoms with Gasteiger partial charge in [-0.05, 0) is 42.5 Å². The number of carbonyl (C=O) groups excluding carboxylic acids is 1. The normalized spacial score (nSPS) is 10.8. The topological polar surface area (TPSA) is 94.6 Å². The molecule has 0 saturated carbocycles. The van der Waals surface area contributed by atoms with E-state index in [9.17, 15) is 14.7 Å². The Morgan fingerprint density at radius 1 is 1.15 bits per heavy atom. The highest BCUT2D eigenvalue weighted by Crippen LogP contribution is 2.22. The van der Waals surface area contributed by atoms with Gasteiger partial charge in [-0.25, -0.2) is 14.3 Å². The Kier molecular flexibility index (Phi) is 4.18. The van der Waals surface area contributed by atoms with E-state index in [1.807, 2.05) is 6.07 Å². The van der Waals surface area contributed by atoms with Crippen LogP contribution in [-0.4, -0.2) is 20.9 Å². The summed E-state index contributed by atoms with van der Waals surface area (Å²) >= 11 is 0. The molecule has 0 spiro atoms. The summed E-state index contributed by atoms with van der Waals surface area (Å²) in [6.45, 7) is -0.0907. The van der Waals surface area contributed by atoms with E-state index in [0.717, 1.165) is 5.69 Å². The maximum absolute atomic E-state index is 12.3. The summed E-state index contributed by atoms with van der Waals surface area (Å²) < 4.78 is 12.1. The van der Waals surface area contributed by atoms with Crippen LogP contribution in [0.25, 0.3) is 16.7 Å². The third kappa shape index (κ3) is 3.43. The largest absolute Gasteiger partial charge is 0.508 e. The molecule has 0 aliphatic carbocycles. The Balaban J connectivity index is 1.53. The predicted molar refractivity (Wildman–Crippen MR) is 96.8 cm³/mol. The van der Waals surface area contributed by atoms with Crippen molar-refractivity contribution in [3.05, 3.63) is 88.5 Å². The van der Waals surface area contributed by atoms with Crippen molar-refractivity contribution in [3.63, 3.8) is 0 Å². The number of phenols is 1. The van der Waals surface area contributed by atoms with Gasteiger partial charge in [-0.3, -0.25) is 0 Å². The zero-order valence-electron chi connectivity index (χ0n) is 14.0. The standard InChI is InChI=1S/C20H14N2O5/c23-16-6-7-17-14(10-19(24)27-18(17)11-16)12-26-20(25)13-2-4-15(5-3-13)22-9-1-8-21-22/h1-11,23H,12H2. The van der Waals surface area contributed by atoms with Crippen LogP contribution in [0.15, 0.2) is 76.2 Å². The third-order valence-corrected chi connectivity index (χ3v) is 4.04. The van der Waals surface area contributed by atoms with Crippen LogP contribution >= 0.6 is 0 Å². The summed E-state index contributed by atoms with van der Waals surface area (Å²) in [6, 6.07) is 14.3. The Hall–Kier alpha value is -3.87. The van der Waals surface area contributed by atoms with Crippen LogP contribution in [0.4, 0.5) is 0 Å². The first-order valence-corrected chi connectivity index (χ1v) is 8.13. The number of aromatic nitrogens is 2. The van der Waals surface area contributed by atoms with Crippen molar-refractivity contribution in [2.24, 2.45) is 0 Å². The highest BCUT2D eigenvalue weighted by Gasteiger charge is 2.11. The number of nitrogens with zero attached hydrogens (tertiary/aromatic N) is 2. The lowest BCUT2D eigenvalue weighted by atomic mass is 10.1. The third-order valence-electron chi connectivity index (χ3n) is 4.04. The fraction of sp³-hybridized carbons (Fsp3) is 0.0500. The van der Waals surface area contributed by atoms with E-state index in [1.165, 1.54) is 18.2 Å². The quantitative estimate of drug-likeness (QED) is 0.443. The van der Waals surface area contributed by atoms with Crippen molar-refractivity contribution in [2.75, 3.05) is 0 Å². The average molecular weight is 362 g/mol. The average Bonchev–Trinajstić information content (AvgIpc) is 3.20. The highest BCUT2D eigenvalue weighted by atomic mass is 16.5. The molecule has 0 amide bonds. The van der Waals surface area contributed by atoms with Crippen molar-refractivity contribution in [1.82, 2.24) is 9.78 Å². The zero-order chi connectivity index (χ0) is 18.8. The number of phenolic OH excluding ortho intramolecular Hbond substituents is 1. The summed E-state index contributed by atoms with van der Waals surface area (Å²) in [5.74, 6) is -0.528. The van der Waals surface area contributed by atoms with Gasteiger partial charge in [-0.15, -0.1) is 0 Å². The molecule has 4 rings (SSSR count). The van der Waals surface area contributed by atoms with Crippen LogP contribution in [0.5, 0.6) is 5.75 Å². The minimum atomic E-state index is -0.581. The number of fused-ring (bicyclic) bond motifs is 1. The predicted octanol–water partition coefficient (Wildman–Crippen LogP) is 3.04.